The molecule has 0 bridgehead atoms. The molecule has 5 heteroatoms. The molecule has 0 amide bonds. The maximum atomic E-state index is 10.3. The number of aliphatic hydroxyl groups is 1. The number of aliphatic hydroxyl groups excluding tert-OH is 1. The molecule has 1 aromatic rings. The molecule has 1 aromatic carbocycles. The highest BCUT2D eigenvalue weighted by atomic mass is 32.2. The topological polar surface area (TPSA) is 77.4 Å². The van der Waals surface area contributed by atoms with Crippen molar-refractivity contribution in [3.8, 4) is 0 Å². The van der Waals surface area contributed by atoms with E-state index in [-0.39, 0.29) is 5.56 Å². The summed E-state index contributed by atoms with van der Waals surface area (Å²) in [6.07, 6.45) is 0. The van der Waals surface area contributed by atoms with Crippen molar-refractivity contribution < 1.29 is 18.1 Å². The maximum absolute atomic E-state index is 10.3. The molecule has 0 aliphatic rings. The first-order valence-electron chi connectivity index (χ1n) is 3.19. The van der Waals surface area contributed by atoms with E-state index in [0.717, 1.165) is 0 Å². The van der Waals surface area contributed by atoms with E-state index in [1.54, 1.807) is 18.2 Å². The largest absolute Gasteiger partial charge is 0.746 e. The van der Waals surface area contributed by atoms with Gasteiger partial charge in [-0.05, 0) is 5.56 Å². The Bertz CT molecular complexity index is 343. The molecule has 1 unspecified atom stereocenters. The summed E-state index contributed by atoms with van der Waals surface area (Å²) in [5, 5.41) is 8.96. The van der Waals surface area contributed by atoms with Crippen LogP contribution in [-0.2, 0) is 10.1 Å². The van der Waals surface area contributed by atoms with Crippen molar-refractivity contribution in [3.05, 3.63) is 35.9 Å². The highest BCUT2D eigenvalue weighted by Gasteiger charge is 2.13. The molecule has 12 heavy (non-hydrogen) atoms. The lowest BCUT2D eigenvalue weighted by atomic mass is 10.2. The second-order valence-electron chi connectivity index (χ2n) is 2.26. The second kappa shape index (κ2) is 3.22. The highest BCUT2D eigenvalue weighted by Crippen LogP contribution is 2.16. The van der Waals surface area contributed by atoms with E-state index in [0.29, 0.717) is 0 Å². The van der Waals surface area contributed by atoms with Gasteiger partial charge in [0, 0.05) is 0 Å². The Labute approximate surface area is 70.2 Å². The molecular formula is C7H7O4S-. The number of hydrogen-bond donors (Lipinski definition) is 1. The molecule has 0 aliphatic heterocycles. The fourth-order valence-electron chi connectivity index (χ4n) is 0.784. The predicted octanol–water partition coefficient (Wildman–Crippen LogP) is 0.223. The zero-order valence-electron chi connectivity index (χ0n) is 6.04. The quantitative estimate of drug-likeness (QED) is 0.672. The van der Waals surface area contributed by atoms with Gasteiger partial charge < -0.3 is 9.66 Å². The highest BCUT2D eigenvalue weighted by molar-refractivity contribution is 7.85. The van der Waals surface area contributed by atoms with Gasteiger partial charge in [0.1, 0.15) is 10.1 Å². The van der Waals surface area contributed by atoms with E-state index in [4.69, 9.17) is 5.11 Å². The monoisotopic (exact) mass is 187 g/mol. The van der Waals surface area contributed by atoms with Gasteiger partial charge in [-0.2, -0.15) is 0 Å². The van der Waals surface area contributed by atoms with Crippen molar-refractivity contribution in [2.45, 2.75) is 5.44 Å². The van der Waals surface area contributed by atoms with Gasteiger partial charge in [0.15, 0.2) is 5.44 Å². The molecule has 4 nitrogen and oxygen atoms in total. The van der Waals surface area contributed by atoms with Gasteiger partial charge in [-0.1, -0.05) is 30.3 Å². The van der Waals surface area contributed by atoms with Crippen molar-refractivity contribution in [3.63, 3.8) is 0 Å². The van der Waals surface area contributed by atoms with Crippen molar-refractivity contribution in [2.75, 3.05) is 0 Å². The Kier molecular flexibility index (Phi) is 2.46. The summed E-state index contributed by atoms with van der Waals surface area (Å²) < 4.78 is 31.0. The van der Waals surface area contributed by atoms with E-state index < -0.39 is 15.6 Å². The lowest BCUT2D eigenvalue weighted by Crippen LogP contribution is -2.11. The Balaban J connectivity index is 3.02. The molecule has 0 saturated heterocycles. The molecule has 0 spiro atoms. The van der Waals surface area contributed by atoms with E-state index in [2.05, 4.69) is 0 Å². The fraction of sp³-hybridized carbons (Fsp3) is 0.143. The summed E-state index contributed by atoms with van der Waals surface area (Å²) in [5.41, 5.74) is -1.87. The van der Waals surface area contributed by atoms with Crippen LogP contribution in [0, 0.1) is 0 Å². The van der Waals surface area contributed by atoms with Crippen molar-refractivity contribution in [2.24, 2.45) is 0 Å². The lowest BCUT2D eigenvalue weighted by molar-refractivity contribution is 0.236. The Morgan fingerprint density at radius 3 is 2.17 bits per heavy atom. The van der Waals surface area contributed by atoms with Crippen molar-refractivity contribution >= 4 is 10.1 Å². The minimum atomic E-state index is -4.65. The van der Waals surface area contributed by atoms with Crippen LogP contribution in [0.15, 0.2) is 30.3 Å². The van der Waals surface area contributed by atoms with Crippen LogP contribution in [0.25, 0.3) is 0 Å². The van der Waals surface area contributed by atoms with Gasteiger partial charge in [-0.25, -0.2) is 8.42 Å². The van der Waals surface area contributed by atoms with Crippen LogP contribution in [0.5, 0.6) is 0 Å². The van der Waals surface area contributed by atoms with Crippen molar-refractivity contribution in [1.29, 1.82) is 0 Å². The molecule has 0 heterocycles. The SMILES string of the molecule is O=S(=O)([O-])C(O)c1ccccc1. The fourth-order valence-corrected chi connectivity index (χ4v) is 1.27. The van der Waals surface area contributed by atoms with Gasteiger partial charge in [-0.15, -0.1) is 0 Å². The lowest BCUT2D eigenvalue weighted by Gasteiger charge is -2.14. The first kappa shape index (κ1) is 9.18. The molecule has 0 aromatic heterocycles. The third-order valence-electron chi connectivity index (χ3n) is 1.36. The standard InChI is InChI=1S/C7H8O4S/c8-7(12(9,10)11)6-4-2-1-3-5-6/h1-5,7-8H,(H,9,10,11)/p-1. The molecule has 0 fully saturated rings. The average molecular weight is 187 g/mol. The smallest absolute Gasteiger partial charge is 0.168 e. The summed E-state index contributed by atoms with van der Waals surface area (Å²) in [4.78, 5) is 0. The molecular weight excluding hydrogens is 180 g/mol. The summed E-state index contributed by atoms with van der Waals surface area (Å²) in [5.74, 6) is 0. The Hall–Kier alpha value is -0.910. The molecule has 1 atom stereocenters. The van der Waals surface area contributed by atoms with E-state index in [1.165, 1.54) is 12.1 Å². The Morgan fingerprint density at radius 2 is 1.75 bits per heavy atom. The minimum absolute atomic E-state index is 0.0903. The summed E-state index contributed by atoms with van der Waals surface area (Å²) >= 11 is 0. The normalized spacial score (nSPS) is 14.2. The van der Waals surface area contributed by atoms with Gasteiger partial charge >= 0.3 is 0 Å². The third-order valence-corrected chi connectivity index (χ3v) is 2.18. The van der Waals surface area contributed by atoms with Crippen LogP contribution in [0.3, 0.4) is 0 Å². The predicted molar refractivity (Wildman–Crippen MR) is 41.1 cm³/mol. The van der Waals surface area contributed by atoms with Crippen LogP contribution in [0.1, 0.15) is 11.0 Å². The van der Waals surface area contributed by atoms with Gasteiger partial charge in [-0.3, -0.25) is 0 Å². The van der Waals surface area contributed by atoms with Crippen LogP contribution < -0.4 is 0 Å². The average Bonchev–Trinajstić information content (AvgIpc) is 2.03. The summed E-state index contributed by atoms with van der Waals surface area (Å²) in [7, 11) is -4.65. The minimum Gasteiger partial charge on any atom is -0.746 e. The molecule has 1 N–H and O–H groups in total. The number of hydrogen-bond acceptors (Lipinski definition) is 4. The van der Waals surface area contributed by atoms with E-state index in [9.17, 15) is 13.0 Å². The number of rotatable bonds is 2. The maximum Gasteiger partial charge on any atom is 0.168 e. The van der Waals surface area contributed by atoms with E-state index >= 15 is 0 Å². The molecule has 0 saturated carbocycles. The van der Waals surface area contributed by atoms with Gasteiger partial charge in [0.2, 0.25) is 0 Å². The number of benzene rings is 1. The first-order valence-corrected chi connectivity index (χ1v) is 4.66. The third kappa shape index (κ3) is 2.04. The zero-order chi connectivity index (χ0) is 9.19. The summed E-state index contributed by atoms with van der Waals surface area (Å²) in [6, 6.07) is 7.50. The van der Waals surface area contributed by atoms with Crippen LogP contribution >= 0.6 is 0 Å². The Morgan fingerprint density at radius 1 is 1.25 bits per heavy atom. The second-order valence-corrected chi connectivity index (χ2v) is 3.69. The van der Waals surface area contributed by atoms with Crippen molar-refractivity contribution in [1.82, 2.24) is 0 Å². The van der Waals surface area contributed by atoms with Gasteiger partial charge in [0.05, 0.1) is 0 Å². The summed E-state index contributed by atoms with van der Waals surface area (Å²) in [6.45, 7) is 0. The molecule has 0 aliphatic carbocycles. The molecule has 0 radical (unpaired) electrons. The van der Waals surface area contributed by atoms with Crippen LogP contribution in [0.4, 0.5) is 0 Å². The zero-order valence-corrected chi connectivity index (χ0v) is 6.86. The first-order chi connectivity index (χ1) is 5.52. The van der Waals surface area contributed by atoms with Crippen LogP contribution in [-0.4, -0.2) is 18.1 Å². The van der Waals surface area contributed by atoms with Gasteiger partial charge in [0.25, 0.3) is 0 Å². The van der Waals surface area contributed by atoms with Crippen LogP contribution in [0.2, 0.25) is 0 Å². The molecule has 66 valence electrons. The van der Waals surface area contributed by atoms with E-state index in [1.807, 2.05) is 0 Å². The molecule has 1 rings (SSSR count).